The molecule has 1 aromatic carbocycles. The molecule has 0 unspecified atom stereocenters. The topological polar surface area (TPSA) is 77.3 Å². The van der Waals surface area contributed by atoms with E-state index in [0.717, 1.165) is 0 Å². The Morgan fingerprint density at radius 1 is 1.43 bits per heavy atom. The van der Waals surface area contributed by atoms with E-state index in [4.69, 9.17) is 10.7 Å². The van der Waals surface area contributed by atoms with Gasteiger partial charge in [0.15, 0.2) is 0 Å². The molecule has 0 spiro atoms. The van der Waals surface area contributed by atoms with E-state index in [1.54, 1.807) is 0 Å². The summed E-state index contributed by atoms with van der Waals surface area (Å²) < 4.78 is 21.7. The van der Waals surface area contributed by atoms with Crippen molar-refractivity contribution in [3.8, 4) is 0 Å². The lowest BCUT2D eigenvalue weighted by Gasteiger charge is -1.99. The molecule has 0 aromatic heterocycles. The van der Waals surface area contributed by atoms with Crippen LogP contribution in [0, 0.1) is 10.1 Å². The maximum absolute atomic E-state index is 10.9. The molecule has 0 aliphatic heterocycles. The first-order valence-electron chi connectivity index (χ1n) is 3.21. The van der Waals surface area contributed by atoms with Crippen LogP contribution >= 0.6 is 26.6 Å². The number of nitrogens with zero attached hydrogens (tertiary/aromatic N) is 1. The number of rotatable bonds is 2. The molecule has 0 aliphatic carbocycles. The Hall–Kier alpha value is -0.660. The molecule has 0 N–H and O–H groups in total. The van der Waals surface area contributed by atoms with Gasteiger partial charge in [-0.3, -0.25) is 10.1 Å². The molecule has 0 bridgehead atoms. The zero-order chi connectivity index (χ0) is 10.9. The summed E-state index contributed by atoms with van der Waals surface area (Å²) in [6.45, 7) is 0. The fraction of sp³-hybridized carbons (Fsp3) is 0. The van der Waals surface area contributed by atoms with Crippen molar-refractivity contribution in [2.24, 2.45) is 0 Å². The predicted octanol–water partition coefficient (Wildman–Crippen LogP) is 2.28. The largest absolute Gasteiger partial charge is 0.284 e. The van der Waals surface area contributed by atoms with Crippen LogP contribution in [0.1, 0.15) is 0 Å². The normalized spacial score (nSPS) is 11.3. The number of nitro groups is 1. The van der Waals surface area contributed by atoms with Gasteiger partial charge in [-0.15, -0.1) is 0 Å². The third-order valence-corrected chi connectivity index (χ3v) is 3.86. The first-order chi connectivity index (χ1) is 6.34. The smallest absolute Gasteiger partial charge is 0.258 e. The number of hydrogen-bond donors (Lipinski definition) is 0. The summed E-state index contributed by atoms with van der Waals surface area (Å²) in [6.07, 6.45) is 0. The van der Waals surface area contributed by atoms with Crippen LogP contribution in [-0.4, -0.2) is 13.3 Å². The lowest BCUT2D eigenvalue weighted by Crippen LogP contribution is -1.96. The van der Waals surface area contributed by atoms with Gasteiger partial charge in [-0.2, -0.15) is 0 Å². The molecule has 76 valence electrons. The summed E-state index contributed by atoms with van der Waals surface area (Å²) >= 11 is 2.81. The van der Waals surface area contributed by atoms with Crippen LogP contribution < -0.4 is 0 Å². The van der Waals surface area contributed by atoms with Crippen molar-refractivity contribution < 1.29 is 13.3 Å². The Labute approximate surface area is 92.4 Å². The highest BCUT2D eigenvalue weighted by Crippen LogP contribution is 2.32. The molecule has 0 fully saturated rings. The number of benzene rings is 1. The van der Waals surface area contributed by atoms with Crippen LogP contribution in [0.4, 0.5) is 5.69 Å². The van der Waals surface area contributed by atoms with Crippen molar-refractivity contribution in [3.63, 3.8) is 0 Å². The molecule has 0 amide bonds. The van der Waals surface area contributed by atoms with E-state index < -0.39 is 14.0 Å². The predicted molar refractivity (Wildman–Crippen MR) is 53.8 cm³/mol. The Morgan fingerprint density at radius 3 is 2.43 bits per heavy atom. The van der Waals surface area contributed by atoms with E-state index >= 15 is 0 Å². The summed E-state index contributed by atoms with van der Waals surface area (Å²) in [7, 11) is 1.09. The monoisotopic (exact) mass is 299 g/mol. The Morgan fingerprint density at radius 2 is 2.00 bits per heavy atom. The molecule has 5 nitrogen and oxygen atoms in total. The van der Waals surface area contributed by atoms with E-state index in [1.807, 2.05) is 0 Å². The van der Waals surface area contributed by atoms with Crippen molar-refractivity contribution >= 4 is 41.4 Å². The highest BCUT2D eigenvalue weighted by Gasteiger charge is 2.21. The molecular weight excluding hydrogens is 297 g/mol. The lowest BCUT2D eigenvalue weighted by atomic mass is 10.3. The molecule has 14 heavy (non-hydrogen) atoms. The van der Waals surface area contributed by atoms with Crippen LogP contribution in [0.15, 0.2) is 27.6 Å². The number of nitro benzene ring substituents is 1. The van der Waals surface area contributed by atoms with E-state index in [2.05, 4.69) is 15.9 Å². The van der Waals surface area contributed by atoms with Gasteiger partial charge in [-0.1, -0.05) is 6.07 Å². The SMILES string of the molecule is O=[N+]([O-])c1cccc(S(=O)(=O)Cl)c1Br. The molecule has 1 aromatic rings. The first-order valence-corrected chi connectivity index (χ1v) is 6.32. The van der Waals surface area contributed by atoms with E-state index in [1.165, 1.54) is 18.2 Å². The third-order valence-electron chi connectivity index (χ3n) is 1.40. The third kappa shape index (κ3) is 2.23. The Kier molecular flexibility index (Phi) is 3.13. The molecule has 0 heterocycles. The minimum atomic E-state index is -3.97. The lowest BCUT2D eigenvalue weighted by molar-refractivity contribution is -0.385. The molecule has 1 rings (SSSR count). The number of hydrogen-bond acceptors (Lipinski definition) is 4. The van der Waals surface area contributed by atoms with Gasteiger partial charge in [-0.05, 0) is 22.0 Å². The van der Waals surface area contributed by atoms with E-state index in [9.17, 15) is 18.5 Å². The minimum absolute atomic E-state index is 0.139. The fourth-order valence-corrected chi connectivity index (χ4v) is 3.10. The van der Waals surface area contributed by atoms with Gasteiger partial charge in [0.1, 0.15) is 9.37 Å². The maximum atomic E-state index is 10.9. The molecular formula is C6H3BrClNO4S. The van der Waals surface area contributed by atoms with Gasteiger partial charge in [0.25, 0.3) is 14.7 Å². The highest BCUT2D eigenvalue weighted by molar-refractivity contribution is 9.10. The van der Waals surface area contributed by atoms with Crippen LogP contribution in [0.2, 0.25) is 0 Å². The van der Waals surface area contributed by atoms with Crippen molar-refractivity contribution in [3.05, 3.63) is 32.8 Å². The quantitative estimate of drug-likeness (QED) is 0.477. The van der Waals surface area contributed by atoms with Crippen LogP contribution in [0.25, 0.3) is 0 Å². The Bertz CT molecular complexity index is 487. The first kappa shape index (κ1) is 11.4. The number of halogens is 2. The summed E-state index contributed by atoms with van der Waals surface area (Å²) in [5.41, 5.74) is -0.341. The summed E-state index contributed by atoms with van der Waals surface area (Å²) in [4.78, 5) is 9.43. The maximum Gasteiger partial charge on any atom is 0.284 e. The van der Waals surface area contributed by atoms with Crippen molar-refractivity contribution in [2.75, 3.05) is 0 Å². The van der Waals surface area contributed by atoms with Gasteiger partial charge in [-0.25, -0.2) is 8.42 Å². The Balaban J connectivity index is 3.51. The van der Waals surface area contributed by atoms with Crippen molar-refractivity contribution in [2.45, 2.75) is 4.90 Å². The molecule has 0 radical (unpaired) electrons. The van der Waals surface area contributed by atoms with Gasteiger partial charge in [0.05, 0.1) is 4.92 Å². The van der Waals surface area contributed by atoms with Crippen LogP contribution in [-0.2, 0) is 9.05 Å². The molecule has 8 heteroatoms. The highest BCUT2D eigenvalue weighted by atomic mass is 79.9. The van der Waals surface area contributed by atoms with Gasteiger partial charge in [0.2, 0.25) is 0 Å². The summed E-state index contributed by atoms with van der Waals surface area (Å²) in [5, 5.41) is 10.4. The molecule has 0 aliphatic rings. The molecule has 0 atom stereocenters. The van der Waals surface area contributed by atoms with E-state index in [0.29, 0.717) is 0 Å². The second-order valence-electron chi connectivity index (χ2n) is 2.28. The summed E-state index contributed by atoms with van der Waals surface area (Å²) in [5.74, 6) is 0. The van der Waals surface area contributed by atoms with Crippen molar-refractivity contribution in [1.82, 2.24) is 0 Å². The van der Waals surface area contributed by atoms with Gasteiger partial charge >= 0.3 is 0 Å². The van der Waals surface area contributed by atoms with Crippen LogP contribution in [0.3, 0.4) is 0 Å². The van der Waals surface area contributed by atoms with Crippen molar-refractivity contribution in [1.29, 1.82) is 0 Å². The second kappa shape index (κ2) is 3.84. The van der Waals surface area contributed by atoms with E-state index in [-0.39, 0.29) is 15.1 Å². The standard InChI is InChI=1S/C6H3BrClNO4S/c7-6-4(9(10)11)2-1-3-5(6)14(8,12)13/h1-3H. The van der Waals surface area contributed by atoms with Crippen LogP contribution in [0.5, 0.6) is 0 Å². The molecule has 0 saturated carbocycles. The summed E-state index contributed by atoms with van der Waals surface area (Å²) in [6, 6.07) is 3.60. The fourth-order valence-electron chi connectivity index (χ4n) is 0.829. The minimum Gasteiger partial charge on any atom is -0.258 e. The zero-order valence-electron chi connectivity index (χ0n) is 6.48. The van der Waals surface area contributed by atoms with Gasteiger partial charge < -0.3 is 0 Å². The average molecular weight is 301 g/mol. The average Bonchev–Trinajstić information content (AvgIpc) is 2.01. The second-order valence-corrected chi connectivity index (χ2v) is 5.61. The molecule has 0 saturated heterocycles. The zero-order valence-corrected chi connectivity index (χ0v) is 9.63. The van der Waals surface area contributed by atoms with Gasteiger partial charge in [0, 0.05) is 16.7 Å².